The van der Waals surface area contributed by atoms with Crippen molar-refractivity contribution in [2.45, 2.75) is 19.9 Å². The van der Waals surface area contributed by atoms with Gasteiger partial charge in [-0.1, -0.05) is 26.0 Å². The van der Waals surface area contributed by atoms with Crippen LogP contribution in [0.15, 0.2) is 24.3 Å². The summed E-state index contributed by atoms with van der Waals surface area (Å²) >= 11 is 0. The van der Waals surface area contributed by atoms with Gasteiger partial charge in [-0.05, 0) is 18.1 Å². The number of hydrogen-bond acceptors (Lipinski definition) is 4. The molecule has 1 rings (SSSR count). The molecule has 0 saturated carbocycles. The number of nitrogens with two attached hydrogens (primary N) is 1. The third kappa shape index (κ3) is 4.88. The van der Waals surface area contributed by atoms with Gasteiger partial charge in [0.15, 0.2) is 0 Å². The minimum atomic E-state index is -3.40. The topological polar surface area (TPSA) is 101 Å². The molecule has 0 aliphatic carbocycles. The Morgan fingerprint density at radius 2 is 1.74 bits per heavy atom. The van der Waals surface area contributed by atoms with Crippen LogP contribution in [0.5, 0.6) is 0 Å². The second-order valence-corrected chi connectivity index (χ2v) is 6.43. The Morgan fingerprint density at radius 1 is 1.21 bits per heavy atom. The van der Waals surface area contributed by atoms with Crippen LogP contribution in [0.1, 0.15) is 13.8 Å². The summed E-state index contributed by atoms with van der Waals surface area (Å²) in [7, 11) is -3.40. The largest absolute Gasteiger partial charge is 0.323 e. The fourth-order valence-electron chi connectivity index (χ4n) is 1.40. The van der Waals surface area contributed by atoms with E-state index in [1.165, 1.54) is 0 Å². The van der Waals surface area contributed by atoms with Gasteiger partial charge in [-0.15, -0.1) is 0 Å². The molecule has 19 heavy (non-hydrogen) atoms. The number of rotatable bonds is 5. The lowest BCUT2D eigenvalue weighted by molar-refractivity contribution is -0.118. The molecule has 1 aromatic carbocycles. The summed E-state index contributed by atoms with van der Waals surface area (Å²) in [4.78, 5) is 11.9. The molecule has 0 aromatic heterocycles. The SMILES string of the molecule is CC(C)C(N)C(=O)Nc1ccccc1NS(C)(=O)=O. The first-order chi connectivity index (χ1) is 8.70. The lowest BCUT2D eigenvalue weighted by atomic mass is 10.0. The lowest BCUT2D eigenvalue weighted by Gasteiger charge is -2.17. The Bertz CT molecular complexity index is 555. The van der Waals surface area contributed by atoms with Gasteiger partial charge >= 0.3 is 0 Å². The van der Waals surface area contributed by atoms with Crippen molar-refractivity contribution >= 4 is 27.3 Å². The zero-order valence-electron chi connectivity index (χ0n) is 11.2. The van der Waals surface area contributed by atoms with Crippen LogP contribution in [0.25, 0.3) is 0 Å². The molecule has 1 amide bonds. The van der Waals surface area contributed by atoms with Crippen molar-refractivity contribution in [3.05, 3.63) is 24.3 Å². The van der Waals surface area contributed by atoms with Gasteiger partial charge in [0, 0.05) is 0 Å². The highest BCUT2D eigenvalue weighted by molar-refractivity contribution is 7.92. The monoisotopic (exact) mass is 285 g/mol. The van der Waals surface area contributed by atoms with E-state index in [9.17, 15) is 13.2 Å². The smallest absolute Gasteiger partial charge is 0.241 e. The number of sulfonamides is 1. The number of amides is 1. The second kappa shape index (κ2) is 6.03. The standard InChI is InChI=1S/C12H19N3O3S/c1-8(2)11(13)12(16)14-9-6-4-5-7-10(9)15-19(3,17)18/h4-8,11,15H,13H2,1-3H3,(H,14,16). The van der Waals surface area contributed by atoms with Crippen LogP contribution in [0.4, 0.5) is 11.4 Å². The molecule has 1 aromatic rings. The average molecular weight is 285 g/mol. The zero-order chi connectivity index (χ0) is 14.6. The van der Waals surface area contributed by atoms with Crippen LogP contribution >= 0.6 is 0 Å². The first-order valence-electron chi connectivity index (χ1n) is 5.84. The number of nitrogens with one attached hydrogen (secondary N) is 2. The van der Waals surface area contributed by atoms with Crippen molar-refractivity contribution in [1.82, 2.24) is 0 Å². The van der Waals surface area contributed by atoms with Crippen molar-refractivity contribution in [2.75, 3.05) is 16.3 Å². The summed E-state index contributed by atoms with van der Waals surface area (Å²) in [5.41, 5.74) is 6.43. The van der Waals surface area contributed by atoms with E-state index >= 15 is 0 Å². The van der Waals surface area contributed by atoms with Gasteiger partial charge in [0.1, 0.15) is 0 Å². The van der Waals surface area contributed by atoms with Crippen molar-refractivity contribution in [3.8, 4) is 0 Å². The first kappa shape index (κ1) is 15.5. The van der Waals surface area contributed by atoms with Gasteiger partial charge in [-0.2, -0.15) is 0 Å². The molecule has 0 spiro atoms. The van der Waals surface area contributed by atoms with E-state index in [1.54, 1.807) is 24.3 Å². The molecule has 6 nitrogen and oxygen atoms in total. The molecule has 0 saturated heterocycles. The third-order valence-corrected chi connectivity index (χ3v) is 3.09. The van der Waals surface area contributed by atoms with Crippen LogP contribution in [-0.2, 0) is 14.8 Å². The van der Waals surface area contributed by atoms with E-state index in [2.05, 4.69) is 10.0 Å². The molecule has 0 aliphatic rings. The summed E-state index contributed by atoms with van der Waals surface area (Å²) < 4.78 is 24.8. The molecule has 0 heterocycles. The van der Waals surface area contributed by atoms with Crippen LogP contribution in [-0.4, -0.2) is 26.6 Å². The highest BCUT2D eigenvalue weighted by Crippen LogP contribution is 2.22. The number of para-hydroxylation sites is 2. The third-order valence-electron chi connectivity index (χ3n) is 2.50. The number of carbonyl (C=O) groups excluding carboxylic acids is 1. The Balaban J connectivity index is 2.93. The van der Waals surface area contributed by atoms with Crippen molar-refractivity contribution in [3.63, 3.8) is 0 Å². The Morgan fingerprint density at radius 3 is 2.21 bits per heavy atom. The minimum absolute atomic E-state index is 0.00460. The predicted octanol–water partition coefficient (Wildman–Crippen LogP) is 0.980. The Kier molecular flexibility index (Phi) is 4.90. The normalized spacial score (nSPS) is 13.1. The van der Waals surface area contributed by atoms with Gasteiger partial charge in [0.25, 0.3) is 0 Å². The summed E-state index contributed by atoms with van der Waals surface area (Å²) in [5, 5.41) is 2.62. The maximum Gasteiger partial charge on any atom is 0.241 e. The summed E-state index contributed by atoms with van der Waals surface area (Å²) in [6.45, 7) is 3.68. The van der Waals surface area contributed by atoms with E-state index < -0.39 is 16.1 Å². The Labute approximate surface area is 113 Å². The van der Waals surface area contributed by atoms with Gasteiger partial charge in [-0.25, -0.2) is 8.42 Å². The van der Waals surface area contributed by atoms with E-state index in [1.807, 2.05) is 13.8 Å². The number of anilines is 2. The molecule has 4 N–H and O–H groups in total. The summed E-state index contributed by atoms with van der Waals surface area (Å²) in [5.74, 6) is -0.354. The molecule has 0 fully saturated rings. The quantitative estimate of drug-likeness (QED) is 0.750. The van der Waals surface area contributed by atoms with Gasteiger partial charge in [0.05, 0.1) is 23.7 Å². The van der Waals surface area contributed by atoms with Crippen molar-refractivity contribution in [2.24, 2.45) is 11.7 Å². The van der Waals surface area contributed by atoms with Crippen LogP contribution in [0.3, 0.4) is 0 Å². The molecule has 1 atom stereocenters. The molecular formula is C12H19N3O3S. The fraction of sp³-hybridized carbons (Fsp3) is 0.417. The van der Waals surface area contributed by atoms with Crippen LogP contribution < -0.4 is 15.8 Å². The molecule has 1 unspecified atom stereocenters. The summed E-state index contributed by atoms with van der Waals surface area (Å²) in [6.07, 6.45) is 1.05. The van der Waals surface area contributed by atoms with Gasteiger partial charge < -0.3 is 11.1 Å². The zero-order valence-corrected chi connectivity index (χ0v) is 12.0. The van der Waals surface area contributed by atoms with Crippen LogP contribution in [0, 0.1) is 5.92 Å². The van der Waals surface area contributed by atoms with Gasteiger partial charge in [-0.3, -0.25) is 9.52 Å². The van der Waals surface area contributed by atoms with E-state index in [-0.39, 0.29) is 11.8 Å². The Hall–Kier alpha value is -1.60. The highest BCUT2D eigenvalue weighted by Gasteiger charge is 2.18. The second-order valence-electron chi connectivity index (χ2n) is 4.68. The minimum Gasteiger partial charge on any atom is -0.323 e. The molecule has 0 aliphatic heterocycles. The molecule has 0 radical (unpaired) electrons. The van der Waals surface area contributed by atoms with Crippen molar-refractivity contribution < 1.29 is 13.2 Å². The van der Waals surface area contributed by atoms with E-state index in [4.69, 9.17) is 5.73 Å². The first-order valence-corrected chi connectivity index (χ1v) is 7.73. The highest BCUT2D eigenvalue weighted by atomic mass is 32.2. The van der Waals surface area contributed by atoms with E-state index in [0.717, 1.165) is 6.26 Å². The lowest BCUT2D eigenvalue weighted by Crippen LogP contribution is -2.39. The molecule has 7 heteroatoms. The number of carbonyl (C=O) groups is 1. The molecular weight excluding hydrogens is 266 g/mol. The van der Waals surface area contributed by atoms with Crippen LogP contribution in [0.2, 0.25) is 0 Å². The van der Waals surface area contributed by atoms with Gasteiger partial charge in [0.2, 0.25) is 15.9 Å². The summed E-state index contributed by atoms with van der Waals surface area (Å²) in [6, 6.07) is 5.90. The molecule has 0 bridgehead atoms. The maximum atomic E-state index is 11.9. The number of hydrogen-bond donors (Lipinski definition) is 3. The maximum absolute atomic E-state index is 11.9. The molecule has 106 valence electrons. The number of benzene rings is 1. The van der Waals surface area contributed by atoms with E-state index in [0.29, 0.717) is 11.4 Å². The fourth-order valence-corrected chi connectivity index (χ4v) is 1.98. The predicted molar refractivity (Wildman–Crippen MR) is 76.4 cm³/mol. The van der Waals surface area contributed by atoms with Crippen molar-refractivity contribution in [1.29, 1.82) is 0 Å². The average Bonchev–Trinajstić information content (AvgIpc) is 2.28.